The third kappa shape index (κ3) is 4.83. The molecule has 1 N–H and O–H groups in total. The summed E-state index contributed by atoms with van der Waals surface area (Å²) in [7, 11) is 1.96. The molecule has 1 unspecified atom stereocenters. The highest BCUT2D eigenvalue weighted by molar-refractivity contribution is 5.92. The quantitative estimate of drug-likeness (QED) is 0.594. The van der Waals surface area contributed by atoms with Crippen LogP contribution in [0.3, 0.4) is 0 Å². The van der Waals surface area contributed by atoms with Crippen LogP contribution in [0, 0.1) is 0 Å². The number of rotatable bonds is 7. The zero-order chi connectivity index (χ0) is 22.0. The first-order valence-electron chi connectivity index (χ1n) is 10.4. The van der Waals surface area contributed by atoms with Gasteiger partial charge in [0.2, 0.25) is 0 Å². The van der Waals surface area contributed by atoms with Crippen molar-refractivity contribution in [1.82, 2.24) is 15.2 Å². The lowest BCUT2D eigenvalue weighted by atomic mass is 9.99. The largest absolute Gasteiger partial charge is 0.418 e. The van der Waals surface area contributed by atoms with Crippen LogP contribution in [-0.4, -0.2) is 59.7 Å². The molecule has 0 spiro atoms. The molecular formula is C22H25F3N4O2. The number of nitrogens with zero attached hydrogens (tertiary/aromatic N) is 4. The van der Waals surface area contributed by atoms with Gasteiger partial charge in [0.1, 0.15) is 5.52 Å². The van der Waals surface area contributed by atoms with Gasteiger partial charge in [0, 0.05) is 13.6 Å². The molecule has 1 atom stereocenters. The Kier molecular flexibility index (Phi) is 6.15. The maximum absolute atomic E-state index is 12.9. The van der Waals surface area contributed by atoms with E-state index in [2.05, 4.69) is 20.1 Å². The van der Waals surface area contributed by atoms with Gasteiger partial charge in [-0.3, -0.25) is 0 Å². The van der Waals surface area contributed by atoms with Crippen molar-refractivity contribution in [3.8, 4) is 11.1 Å². The lowest BCUT2D eigenvalue weighted by molar-refractivity contribution is -0.206. The molecule has 1 aromatic heterocycles. The zero-order valence-corrected chi connectivity index (χ0v) is 17.3. The van der Waals surface area contributed by atoms with Crippen LogP contribution >= 0.6 is 0 Å². The summed E-state index contributed by atoms with van der Waals surface area (Å²) >= 11 is 0. The summed E-state index contributed by atoms with van der Waals surface area (Å²) in [4.78, 5) is 4.52. The number of alkyl halides is 3. The van der Waals surface area contributed by atoms with Crippen LogP contribution in [-0.2, 0) is 0 Å². The molecule has 31 heavy (non-hydrogen) atoms. The lowest BCUT2D eigenvalue weighted by Gasteiger charge is -2.22. The van der Waals surface area contributed by atoms with E-state index in [1.165, 1.54) is 31.0 Å². The smallest absolute Gasteiger partial charge is 0.379 e. The van der Waals surface area contributed by atoms with Crippen molar-refractivity contribution in [3.05, 3.63) is 42.0 Å². The second-order valence-electron chi connectivity index (χ2n) is 8.02. The summed E-state index contributed by atoms with van der Waals surface area (Å²) in [6.07, 6.45) is -3.76. The lowest BCUT2D eigenvalue weighted by Crippen LogP contribution is -2.26. The minimum absolute atomic E-state index is 0.205. The summed E-state index contributed by atoms with van der Waals surface area (Å²) < 4.78 is 43.8. The van der Waals surface area contributed by atoms with Crippen molar-refractivity contribution in [2.75, 3.05) is 38.1 Å². The SMILES string of the molecule is CN(CCCN1CCCC1)c1cc(-c2cccc(C(O)C(F)(F)F)c2)cc2nonc12. The van der Waals surface area contributed by atoms with Crippen molar-refractivity contribution in [2.45, 2.75) is 31.5 Å². The molecule has 0 saturated carbocycles. The van der Waals surface area contributed by atoms with Crippen LogP contribution in [0.2, 0.25) is 0 Å². The molecule has 2 aromatic carbocycles. The number of hydrogen-bond donors (Lipinski definition) is 1. The summed E-state index contributed by atoms with van der Waals surface area (Å²) in [6, 6.07) is 9.43. The van der Waals surface area contributed by atoms with Gasteiger partial charge in [0.15, 0.2) is 11.6 Å². The standard InChI is InChI=1S/C22H25F3N4O2/c1-28(8-5-11-29-9-2-3-10-29)19-14-17(13-18-20(19)27-31-26-18)15-6-4-7-16(12-15)21(30)22(23,24)25/h4,6-7,12-14,21,30H,2-3,5,8-11H2,1H3. The van der Waals surface area contributed by atoms with Crippen molar-refractivity contribution >= 4 is 16.7 Å². The van der Waals surface area contributed by atoms with Crippen molar-refractivity contribution in [3.63, 3.8) is 0 Å². The highest BCUT2D eigenvalue weighted by atomic mass is 19.4. The third-order valence-electron chi connectivity index (χ3n) is 5.76. The van der Waals surface area contributed by atoms with Gasteiger partial charge >= 0.3 is 6.18 Å². The van der Waals surface area contributed by atoms with Gasteiger partial charge in [-0.05, 0) is 84.1 Å². The van der Waals surface area contributed by atoms with Crippen LogP contribution in [0.1, 0.15) is 30.9 Å². The summed E-state index contributed by atoms with van der Waals surface area (Å²) in [5, 5.41) is 17.6. The summed E-state index contributed by atoms with van der Waals surface area (Å²) in [6.45, 7) is 4.13. The molecule has 3 aromatic rings. The molecule has 0 radical (unpaired) electrons. The molecule has 1 fully saturated rings. The molecule has 0 amide bonds. The van der Waals surface area contributed by atoms with Gasteiger partial charge in [0.25, 0.3) is 0 Å². The van der Waals surface area contributed by atoms with Gasteiger partial charge in [-0.25, -0.2) is 4.63 Å². The predicted molar refractivity (Wildman–Crippen MR) is 112 cm³/mol. The van der Waals surface area contributed by atoms with Gasteiger partial charge in [-0.2, -0.15) is 13.2 Å². The van der Waals surface area contributed by atoms with Crippen LogP contribution in [0.25, 0.3) is 22.2 Å². The highest BCUT2D eigenvalue weighted by Crippen LogP contribution is 2.36. The third-order valence-corrected chi connectivity index (χ3v) is 5.76. The van der Waals surface area contributed by atoms with E-state index in [0.717, 1.165) is 38.3 Å². The topological polar surface area (TPSA) is 65.6 Å². The fourth-order valence-corrected chi connectivity index (χ4v) is 4.07. The number of aliphatic hydroxyl groups is 1. The Morgan fingerprint density at radius 3 is 2.65 bits per heavy atom. The van der Waals surface area contributed by atoms with Crippen molar-refractivity contribution in [2.24, 2.45) is 0 Å². The fourth-order valence-electron chi connectivity index (χ4n) is 4.07. The van der Waals surface area contributed by atoms with E-state index in [4.69, 9.17) is 4.63 Å². The van der Waals surface area contributed by atoms with Gasteiger partial charge in [0.05, 0.1) is 5.69 Å². The monoisotopic (exact) mass is 434 g/mol. The van der Waals surface area contributed by atoms with E-state index in [1.54, 1.807) is 12.1 Å². The van der Waals surface area contributed by atoms with E-state index >= 15 is 0 Å². The van der Waals surface area contributed by atoms with E-state index < -0.39 is 12.3 Å². The molecule has 0 aliphatic carbocycles. The number of aromatic nitrogens is 2. The Morgan fingerprint density at radius 2 is 1.90 bits per heavy atom. The van der Waals surface area contributed by atoms with E-state index in [0.29, 0.717) is 22.2 Å². The second kappa shape index (κ2) is 8.84. The first-order valence-corrected chi connectivity index (χ1v) is 10.4. The summed E-state index contributed by atoms with van der Waals surface area (Å²) in [5.41, 5.74) is 2.97. The Bertz CT molecular complexity index is 1030. The molecule has 166 valence electrons. The maximum Gasteiger partial charge on any atom is 0.418 e. The minimum atomic E-state index is -4.72. The number of halogens is 3. The number of likely N-dealkylation sites (tertiary alicyclic amines) is 1. The first-order chi connectivity index (χ1) is 14.8. The number of hydrogen-bond acceptors (Lipinski definition) is 6. The highest BCUT2D eigenvalue weighted by Gasteiger charge is 2.39. The fraction of sp³-hybridized carbons (Fsp3) is 0.455. The van der Waals surface area contributed by atoms with Gasteiger partial charge in [-0.15, -0.1) is 0 Å². The molecule has 2 heterocycles. The van der Waals surface area contributed by atoms with E-state index in [1.807, 2.05) is 13.1 Å². The molecule has 1 aliphatic heterocycles. The molecular weight excluding hydrogens is 409 g/mol. The van der Waals surface area contributed by atoms with Crippen LogP contribution in [0.15, 0.2) is 41.0 Å². The Labute approximate surface area is 178 Å². The van der Waals surface area contributed by atoms with Crippen LogP contribution in [0.4, 0.5) is 18.9 Å². The average molecular weight is 434 g/mol. The normalized spacial score (nSPS) is 16.2. The zero-order valence-electron chi connectivity index (χ0n) is 17.3. The van der Waals surface area contributed by atoms with E-state index in [-0.39, 0.29) is 5.56 Å². The second-order valence-corrected chi connectivity index (χ2v) is 8.02. The van der Waals surface area contributed by atoms with E-state index in [9.17, 15) is 18.3 Å². The van der Waals surface area contributed by atoms with Gasteiger partial charge in [-0.1, -0.05) is 18.2 Å². The summed E-state index contributed by atoms with van der Waals surface area (Å²) in [5.74, 6) is 0. The molecule has 6 nitrogen and oxygen atoms in total. The Balaban J connectivity index is 1.59. The van der Waals surface area contributed by atoms with Gasteiger partial charge < -0.3 is 14.9 Å². The molecule has 4 rings (SSSR count). The molecule has 9 heteroatoms. The Hall–Kier alpha value is -2.65. The number of benzene rings is 2. The number of fused-ring (bicyclic) bond motifs is 1. The van der Waals surface area contributed by atoms with Crippen LogP contribution in [0.5, 0.6) is 0 Å². The number of anilines is 1. The average Bonchev–Trinajstić information content (AvgIpc) is 3.43. The van der Waals surface area contributed by atoms with Crippen molar-refractivity contribution < 1.29 is 22.9 Å². The number of aliphatic hydroxyl groups excluding tert-OH is 1. The molecule has 1 aliphatic rings. The Morgan fingerprint density at radius 1 is 1.13 bits per heavy atom. The van der Waals surface area contributed by atoms with Crippen LogP contribution < -0.4 is 4.90 Å². The molecule has 1 saturated heterocycles. The predicted octanol–water partition coefficient (Wildman–Crippen LogP) is 4.41. The van der Waals surface area contributed by atoms with Crippen molar-refractivity contribution in [1.29, 1.82) is 0 Å². The molecule has 0 bridgehead atoms. The minimum Gasteiger partial charge on any atom is -0.379 e. The first kappa shape index (κ1) is 21.6. The maximum atomic E-state index is 12.9.